The minimum atomic E-state index is 0.00652. The molecule has 13 rings (SSSR count). The minimum absolute atomic E-state index is 0.00652. The first-order valence-electron chi connectivity index (χ1n) is 28.0. The number of hydrogen-bond donors (Lipinski definition) is 0. The maximum absolute atomic E-state index is 2.70. The van der Waals surface area contributed by atoms with Gasteiger partial charge in [0.25, 0.3) is 6.71 Å². The van der Waals surface area contributed by atoms with Crippen LogP contribution in [0.1, 0.15) is 156 Å². The monoisotopic (exact) mass is 1030 g/mol. The van der Waals surface area contributed by atoms with E-state index in [4.69, 9.17) is 0 Å². The molecule has 4 aliphatic rings. The van der Waals surface area contributed by atoms with Crippen molar-refractivity contribution in [3.05, 3.63) is 179 Å². The lowest BCUT2D eigenvalue weighted by Crippen LogP contribution is -2.59. The molecule has 4 heterocycles. The quantitative estimate of drug-likeness (QED) is 0.159. The molecule has 0 N–H and O–H groups in total. The van der Waals surface area contributed by atoms with E-state index in [1.54, 1.807) is 0 Å². The Morgan fingerprint density at radius 3 is 1.11 bits per heavy atom. The minimum Gasteiger partial charge on any atom is -0.310 e. The lowest BCUT2D eigenvalue weighted by Gasteiger charge is -2.44. The zero-order chi connectivity index (χ0) is 53.2. The Morgan fingerprint density at radius 1 is 0.421 bits per heavy atom. The van der Waals surface area contributed by atoms with Gasteiger partial charge < -0.3 is 14.7 Å². The summed E-state index contributed by atoms with van der Waals surface area (Å²) in [5, 5.41) is 2.73. The second kappa shape index (κ2) is 16.7. The number of fused-ring (bicyclic) bond motifs is 10. The molecule has 9 aromatic rings. The van der Waals surface area contributed by atoms with Crippen LogP contribution < -0.4 is 29.7 Å². The van der Waals surface area contributed by atoms with Crippen LogP contribution in [0.4, 0.5) is 51.2 Å². The molecule has 6 heteroatoms. The van der Waals surface area contributed by atoms with Gasteiger partial charge in [-0.2, -0.15) is 0 Å². The molecule has 7 aromatic carbocycles. The Balaban J connectivity index is 1.20. The van der Waals surface area contributed by atoms with Crippen LogP contribution >= 0.6 is 22.7 Å². The van der Waals surface area contributed by atoms with Crippen LogP contribution in [0.3, 0.4) is 0 Å². The maximum atomic E-state index is 2.70. The van der Waals surface area contributed by atoms with Crippen LogP contribution in [0.15, 0.2) is 146 Å². The molecule has 2 aliphatic carbocycles. The van der Waals surface area contributed by atoms with Gasteiger partial charge in [-0.15, -0.1) is 22.7 Å². The van der Waals surface area contributed by atoms with Crippen LogP contribution in [0.25, 0.3) is 20.2 Å². The van der Waals surface area contributed by atoms with Crippen molar-refractivity contribution in [2.45, 2.75) is 155 Å². The Bertz CT molecular complexity index is 3540. The molecule has 0 spiro atoms. The SMILES string of the molecule is CC(C)(C)c1ccc(N2c3cc(N(c4ccccc4)c4ccccc4)cc4c3B(c3sc5cc6c(cc5c32)C(C)(C)CCC6(C)C)c2sc3cc5c(cc3c2N4c2ccc(C(C)(C)C)cc2)C(C)(C)CCC5(C)C)cc1. The van der Waals surface area contributed by atoms with Gasteiger partial charge in [0.2, 0.25) is 0 Å². The van der Waals surface area contributed by atoms with Crippen molar-refractivity contribution in [3.8, 4) is 0 Å². The molecule has 0 radical (unpaired) electrons. The first-order chi connectivity index (χ1) is 35.9. The average Bonchev–Trinajstić information content (AvgIpc) is 3.98. The van der Waals surface area contributed by atoms with E-state index >= 15 is 0 Å². The van der Waals surface area contributed by atoms with Gasteiger partial charge >= 0.3 is 0 Å². The summed E-state index contributed by atoms with van der Waals surface area (Å²) in [5.74, 6) is 0. The smallest absolute Gasteiger partial charge is 0.277 e. The molecule has 0 bridgehead atoms. The topological polar surface area (TPSA) is 9.72 Å². The van der Waals surface area contributed by atoms with E-state index in [1.165, 1.54) is 128 Å². The fourth-order valence-electron chi connectivity index (χ4n) is 13.6. The third-order valence-electron chi connectivity index (χ3n) is 18.5. The van der Waals surface area contributed by atoms with E-state index in [1.807, 2.05) is 0 Å². The number of benzene rings is 7. The number of rotatable bonds is 5. The summed E-state index contributed by atoms with van der Waals surface area (Å²) >= 11 is 4.12. The summed E-state index contributed by atoms with van der Waals surface area (Å²) in [4.78, 5) is 7.88. The number of nitrogens with zero attached hydrogens (tertiary/aromatic N) is 3. The summed E-state index contributed by atoms with van der Waals surface area (Å²) in [6.07, 6.45) is 4.71. The summed E-state index contributed by atoms with van der Waals surface area (Å²) < 4.78 is 5.66. The average molecular weight is 1030 g/mol. The van der Waals surface area contributed by atoms with E-state index in [0.29, 0.717) is 0 Å². The van der Waals surface area contributed by atoms with Gasteiger partial charge in [0.1, 0.15) is 0 Å². The van der Waals surface area contributed by atoms with Gasteiger partial charge in [-0.05, 0) is 182 Å². The van der Waals surface area contributed by atoms with Crippen molar-refractivity contribution < 1.29 is 0 Å². The van der Waals surface area contributed by atoms with Gasteiger partial charge in [-0.1, -0.05) is 158 Å². The third kappa shape index (κ3) is 7.61. The molecule has 0 atom stereocenters. The van der Waals surface area contributed by atoms with Gasteiger partial charge in [-0.25, -0.2) is 0 Å². The Hall–Kier alpha value is -6.08. The molecule has 3 nitrogen and oxygen atoms in total. The summed E-state index contributed by atoms with van der Waals surface area (Å²) in [6.45, 7) is 33.8. The van der Waals surface area contributed by atoms with Crippen LogP contribution in [0.5, 0.6) is 0 Å². The predicted octanol–water partition coefficient (Wildman–Crippen LogP) is 19.0. The van der Waals surface area contributed by atoms with Crippen LogP contribution in [0.2, 0.25) is 0 Å². The van der Waals surface area contributed by atoms with Gasteiger partial charge in [-0.3, -0.25) is 0 Å². The molecule has 0 fully saturated rings. The van der Waals surface area contributed by atoms with E-state index < -0.39 is 0 Å². The molecule has 2 aromatic heterocycles. The highest BCUT2D eigenvalue weighted by Gasteiger charge is 2.49. The zero-order valence-corrected chi connectivity index (χ0v) is 49.1. The van der Waals surface area contributed by atoms with E-state index in [0.717, 1.165) is 17.1 Å². The van der Waals surface area contributed by atoms with Crippen LogP contribution in [-0.4, -0.2) is 6.71 Å². The predicted molar refractivity (Wildman–Crippen MR) is 334 cm³/mol. The summed E-state index contributed by atoms with van der Waals surface area (Å²) in [5.41, 5.74) is 21.3. The number of hydrogen-bond acceptors (Lipinski definition) is 5. The first-order valence-corrected chi connectivity index (χ1v) is 29.7. The van der Waals surface area contributed by atoms with Crippen molar-refractivity contribution in [1.29, 1.82) is 0 Å². The van der Waals surface area contributed by atoms with Crippen molar-refractivity contribution in [2.75, 3.05) is 14.7 Å². The molecule has 0 amide bonds. The molecule has 384 valence electrons. The largest absolute Gasteiger partial charge is 0.310 e. The lowest BCUT2D eigenvalue weighted by molar-refractivity contribution is 0.332. The van der Waals surface area contributed by atoms with E-state index in [2.05, 4.69) is 280 Å². The van der Waals surface area contributed by atoms with Gasteiger partial charge in [0, 0.05) is 63.8 Å². The Labute approximate surface area is 461 Å². The van der Waals surface area contributed by atoms with Crippen molar-refractivity contribution in [1.82, 2.24) is 0 Å². The molecule has 0 unspecified atom stereocenters. The molecular weight excluding hydrogens is 958 g/mol. The highest BCUT2D eigenvalue weighted by Crippen LogP contribution is 2.56. The summed E-state index contributed by atoms with van der Waals surface area (Å²) in [6, 6.07) is 56.9. The van der Waals surface area contributed by atoms with Crippen molar-refractivity contribution >= 4 is 116 Å². The highest BCUT2D eigenvalue weighted by atomic mass is 32.1. The maximum Gasteiger partial charge on any atom is 0.277 e. The molecule has 0 saturated heterocycles. The fourth-order valence-corrected chi connectivity index (χ4v) is 16.3. The molecular formula is C70H74BN3S2. The fraction of sp³-hybridized carbons (Fsp3) is 0.343. The molecule has 0 saturated carbocycles. The standard InChI is InChI=1S/C70H74BN3S2/c1-65(2,3)43-25-29-47(30-26-43)73-56-37-49(72(45-21-17-15-18-22-45)46-23-19-16-20-24-46)38-57-60(56)71(63-61(73)50-39-52-54(41-58(50)75-63)69(11,12)35-33-67(52,7)8)64-62(74(57)48-31-27-44(28-32-48)66(4,5)6)51-40-53-55(42-59(51)76-64)70(13,14)36-34-68(53,9)10/h15-32,37-42H,33-36H2,1-14H3. The van der Waals surface area contributed by atoms with Crippen LogP contribution in [-0.2, 0) is 32.5 Å². The van der Waals surface area contributed by atoms with E-state index in [-0.39, 0.29) is 39.2 Å². The van der Waals surface area contributed by atoms with E-state index in [9.17, 15) is 0 Å². The molecule has 2 aliphatic heterocycles. The highest BCUT2D eigenvalue weighted by molar-refractivity contribution is 7.40. The summed E-state index contributed by atoms with van der Waals surface area (Å²) in [7, 11) is 0. The number of anilines is 9. The first kappa shape index (κ1) is 49.5. The number of thiophene rings is 2. The van der Waals surface area contributed by atoms with Crippen molar-refractivity contribution in [3.63, 3.8) is 0 Å². The Kier molecular flexibility index (Phi) is 10.9. The third-order valence-corrected chi connectivity index (χ3v) is 20.9. The second-order valence-corrected chi connectivity index (χ2v) is 29.7. The zero-order valence-electron chi connectivity index (χ0n) is 47.4. The van der Waals surface area contributed by atoms with Gasteiger partial charge in [0.15, 0.2) is 0 Å². The second-order valence-electron chi connectivity index (χ2n) is 27.6. The van der Waals surface area contributed by atoms with Crippen molar-refractivity contribution in [2.24, 2.45) is 0 Å². The Morgan fingerprint density at radius 2 is 0.763 bits per heavy atom. The number of para-hydroxylation sites is 2. The molecule has 76 heavy (non-hydrogen) atoms. The lowest BCUT2D eigenvalue weighted by atomic mass is 9.39. The van der Waals surface area contributed by atoms with Crippen LogP contribution in [0, 0.1) is 0 Å². The van der Waals surface area contributed by atoms with Gasteiger partial charge in [0.05, 0.1) is 17.1 Å². The normalized spacial score (nSPS) is 17.7.